The van der Waals surface area contributed by atoms with Crippen LogP contribution >= 0.6 is 11.3 Å². The third-order valence-corrected chi connectivity index (χ3v) is 6.10. The SMILES string of the molecule is CCCC(NC(=O)CN(C)C(=O)c1ccccc1)C(=O)N1CCc2sccc2C1. The largest absolute Gasteiger partial charge is 0.343 e. The molecule has 1 atom stereocenters. The lowest BCUT2D eigenvalue weighted by atomic mass is 10.1. The summed E-state index contributed by atoms with van der Waals surface area (Å²) < 4.78 is 0. The van der Waals surface area contributed by atoms with Gasteiger partial charge in [0.25, 0.3) is 5.91 Å². The van der Waals surface area contributed by atoms with Gasteiger partial charge in [0, 0.05) is 30.6 Å². The van der Waals surface area contributed by atoms with Crippen LogP contribution in [0.1, 0.15) is 40.6 Å². The Balaban J connectivity index is 1.58. The van der Waals surface area contributed by atoms with Crippen LogP contribution in [-0.2, 0) is 22.6 Å². The Bertz CT molecular complexity index is 865. The molecule has 0 saturated heterocycles. The third kappa shape index (κ3) is 5.23. The number of thiophene rings is 1. The summed E-state index contributed by atoms with van der Waals surface area (Å²) in [5.41, 5.74) is 1.73. The van der Waals surface area contributed by atoms with Gasteiger partial charge >= 0.3 is 0 Å². The van der Waals surface area contributed by atoms with Crippen molar-refractivity contribution in [3.05, 3.63) is 57.8 Å². The zero-order valence-corrected chi connectivity index (χ0v) is 17.7. The number of carbonyl (C=O) groups excluding carboxylic acids is 3. The van der Waals surface area contributed by atoms with Crippen molar-refractivity contribution < 1.29 is 14.4 Å². The highest BCUT2D eigenvalue weighted by molar-refractivity contribution is 7.10. The maximum Gasteiger partial charge on any atom is 0.254 e. The van der Waals surface area contributed by atoms with Gasteiger partial charge in [-0.1, -0.05) is 31.5 Å². The predicted molar refractivity (Wildman–Crippen MR) is 114 cm³/mol. The predicted octanol–water partition coefficient (Wildman–Crippen LogP) is 2.69. The number of carbonyl (C=O) groups is 3. The summed E-state index contributed by atoms with van der Waals surface area (Å²) in [6.45, 7) is 3.18. The molecule has 1 aromatic carbocycles. The van der Waals surface area contributed by atoms with Gasteiger partial charge in [-0.3, -0.25) is 14.4 Å². The third-order valence-electron chi connectivity index (χ3n) is 5.08. The molecule has 0 saturated carbocycles. The number of benzene rings is 1. The molecular formula is C22H27N3O3S. The second-order valence-electron chi connectivity index (χ2n) is 7.31. The second-order valence-corrected chi connectivity index (χ2v) is 8.32. The highest BCUT2D eigenvalue weighted by Gasteiger charge is 2.29. The molecule has 0 bridgehead atoms. The minimum absolute atomic E-state index is 0.0471. The van der Waals surface area contributed by atoms with Crippen LogP contribution in [0.25, 0.3) is 0 Å². The molecule has 0 fully saturated rings. The number of fused-ring (bicyclic) bond motifs is 1. The normalized spacial score (nSPS) is 14.1. The molecule has 0 spiro atoms. The van der Waals surface area contributed by atoms with Gasteiger partial charge in [0.15, 0.2) is 0 Å². The molecule has 1 aliphatic rings. The van der Waals surface area contributed by atoms with Crippen molar-refractivity contribution in [1.29, 1.82) is 0 Å². The summed E-state index contributed by atoms with van der Waals surface area (Å²) in [6, 6.07) is 10.3. The molecule has 2 aromatic rings. The van der Waals surface area contributed by atoms with Gasteiger partial charge in [-0.25, -0.2) is 0 Å². The molecule has 1 unspecified atom stereocenters. The number of hydrogen-bond acceptors (Lipinski definition) is 4. The molecule has 7 heteroatoms. The van der Waals surface area contributed by atoms with Crippen molar-refractivity contribution in [3.63, 3.8) is 0 Å². The molecule has 0 radical (unpaired) electrons. The van der Waals surface area contributed by atoms with Crippen molar-refractivity contribution >= 4 is 29.1 Å². The van der Waals surface area contributed by atoms with Crippen molar-refractivity contribution in [1.82, 2.24) is 15.1 Å². The zero-order valence-electron chi connectivity index (χ0n) is 16.9. The Morgan fingerprint density at radius 2 is 1.97 bits per heavy atom. The number of likely N-dealkylation sites (N-methyl/N-ethyl adjacent to an activating group) is 1. The summed E-state index contributed by atoms with van der Waals surface area (Å²) in [7, 11) is 1.59. The highest BCUT2D eigenvalue weighted by Crippen LogP contribution is 2.24. The van der Waals surface area contributed by atoms with E-state index >= 15 is 0 Å². The average molecular weight is 414 g/mol. The summed E-state index contributed by atoms with van der Waals surface area (Å²) >= 11 is 1.73. The maximum atomic E-state index is 13.0. The van der Waals surface area contributed by atoms with Gasteiger partial charge in [0.2, 0.25) is 11.8 Å². The Labute approximate surface area is 175 Å². The van der Waals surface area contributed by atoms with E-state index in [-0.39, 0.29) is 24.3 Å². The number of amides is 3. The minimum atomic E-state index is -0.562. The van der Waals surface area contributed by atoms with Crippen molar-refractivity contribution in [2.45, 2.75) is 38.8 Å². The van der Waals surface area contributed by atoms with E-state index < -0.39 is 6.04 Å². The Kier molecular flexibility index (Phi) is 7.04. The lowest BCUT2D eigenvalue weighted by Crippen LogP contribution is -2.51. The first-order chi connectivity index (χ1) is 14.0. The second kappa shape index (κ2) is 9.69. The zero-order chi connectivity index (χ0) is 20.8. The Morgan fingerprint density at radius 1 is 1.21 bits per heavy atom. The molecule has 1 aromatic heterocycles. The number of nitrogens with zero attached hydrogens (tertiary/aromatic N) is 2. The van der Waals surface area contributed by atoms with Gasteiger partial charge in [0.1, 0.15) is 6.04 Å². The summed E-state index contributed by atoms with van der Waals surface area (Å²) in [6.07, 6.45) is 2.22. The molecule has 2 heterocycles. The first-order valence-electron chi connectivity index (χ1n) is 9.93. The van der Waals surface area contributed by atoms with Gasteiger partial charge in [-0.2, -0.15) is 0 Å². The van der Waals surface area contributed by atoms with Crippen LogP contribution in [0.2, 0.25) is 0 Å². The van der Waals surface area contributed by atoms with Crippen molar-refractivity contribution in [2.75, 3.05) is 20.1 Å². The lowest BCUT2D eigenvalue weighted by molar-refractivity contribution is -0.137. The van der Waals surface area contributed by atoms with E-state index in [1.165, 1.54) is 15.3 Å². The number of rotatable bonds is 7. The highest BCUT2D eigenvalue weighted by atomic mass is 32.1. The van der Waals surface area contributed by atoms with E-state index in [2.05, 4.69) is 16.8 Å². The molecule has 154 valence electrons. The Morgan fingerprint density at radius 3 is 2.69 bits per heavy atom. The van der Waals surface area contributed by atoms with Gasteiger partial charge in [-0.15, -0.1) is 11.3 Å². The van der Waals surface area contributed by atoms with E-state index in [4.69, 9.17) is 0 Å². The summed E-state index contributed by atoms with van der Waals surface area (Å²) in [4.78, 5) is 42.5. The fraction of sp³-hybridized carbons (Fsp3) is 0.409. The van der Waals surface area contributed by atoms with Crippen molar-refractivity contribution in [2.24, 2.45) is 0 Å². The van der Waals surface area contributed by atoms with E-state index in [1.807, 2.05) is 17.9 Å². The van der Waals surface area contributed by atoms with Gasteiger partial charge in [0.05, 0.1) is 6.54 Å². The molecule has 6 nitrogen and oxygen atoms in total. The maximum absolute atomic E-state index is 13.0. The van der Waals surface area contributed by atoms with E-state index in [0.717, 1.165) is 12.8 Å². The van der Waals surface area contributed by atoms with Crippen LogP contribution in [0.4, 0.5) is 0 Å². The number of hydrogen-bond donors (Lipinski definition) is 1. The topological polar surface area (TPSA) is 69.7 Å². The molecule has 29 heavy (non-hydrogen) atoms. The van der Waals surface area contributed by atoms with Gasteiger partial charge in [-0.05, 0) is 42.0 Å². The van der Waals surface area contributed by atoms with Crippen LogP contribution < -0.4 is 5.32 Å². The summed E-state index contributed by atoms with van der Waals surface area (Å²) in [5.74, 6) is -0.592. The standard InChI is InChI=1S/C22H27N3O3S/c1-3-7-18(22(28)25-12-10-19-17(14-25)11-13-29-19)23-20(26)15-24(2)21(27)16-8-5-4-6-9-16/h4-6,8-9,11,13,18H,3,7,10,12,14-15H2,1-2H3,(H,23,26). The van der Waals surface area contributed by atoms with Crippen LogP contribution in [0.3, 0.4) is 0 Å². The molecule has 3 amide bonds. The van der Waals surface area contributed by atoms with Crippen LogP contribution in [-0.4, -0.2) is 53.7 Å². The average Bonchev–Trinajstić information content (AvgIpc) is 3.20. The monoisotopic (exact) mass is 413 g/mol. The quantitative estimate of drug-likeness (QED) is 0.759. The Hall–Kier alpha value is -2.67. The fourth-order valence-electron chi connectivity index (χ4n) is 3.53. The van der Waals surface area contributed by atoms with Crippen LogP contribution in [0.15, 0.2) is 41.8 Å². The molecule has 1 aliphatic heterocycles. The molecule has 1 N–H and O–H groups in total. The van der Waals surface area contributed by atoms with E-state index in [1.54, 1.807) is 42.6 Å². The van der Waals surface area contributed by atoms with Crippen LogP contribution in [0, 0.1) is 0 Å². The molecule has 0 aliphatic carbocycles. The fourth-order valence-corrected chi connectivity index (χ4v) is 4.42. The lowest BCUT2D eigenvalue weighted by Gasteiger charge is -2.31. The summed E-state index contributed by atoms with van der Waals surface area (Å²) in [5, 5.41) is 4.91. The first-order valence-corrected chi connectivity index (χ1v) is 10.8. The minimum Gasteiger partial charge on any atom is -0.343 e. The molecule has 3 rings (SSSR count). The van der Waals surface area contributed by atoms with Gasteiger partial charge < -0.3 is 15.1 Å². The van der Waals surface area contributed by atoms with E-state index in [0.29, 0.717) is 25.1 Å². The van der Waals surface area contributed by atoms with Crippen LogP contribution in [0.5, 0.6) is 0 Å². The first kappa shape index (κ1) is 21.0. The van der Waals surface area contributed by atoms with Crippen molar-refractivity contribution in [3.8, 4) is 0 Å². The molecular weight excluding hydrogens is 386 g/mol. The number of nitrogens with one attached hydrogen (secondary N) is 1. The smallest absolute Gasteiger partial charge is 0.254 e. The van der Waals surface area contributed by atoms with E-state index in [9.17, 15) is 14.4 Å².